The summed E-state index contributed by atoms with van der Waals surface area (Å²) in [6.07, 6.45) is 4.38. The van der Waals surface area contributed by atoms with E-state index in [1.165, 1.54) is 18.7 Å². The Morgan fingerprint density at radius 3 is 2.64 bits per heavy atom. The summed E-state index contributed by atoms with van der Waals surface area (Å²) in [5, 5.41) is 2.59. The van der Waals surface area contributed by atoms with E-state index in [2.05, 4.69) is 15.3 Å². The SMILES string of the molecule is CC(C(=O)Nc1cncnc1)C(N)=S. The van der Waals surface area contributed by atoms with E-state index in [4.69, 9.17) is 18.0 Å². The van der Waals surface area contributed by atoms with Gasteiger partial charge in [-0.1, -0.05) is 12.2 Å². The zero-order valence-corrected chi connectivity index (χ0v) is 8.41. The minimum absolute atomic E-state index is 0.166. The summed E-state index contributed by atoms with van der Waals surface area (Å²) in [5.74, 6) is -0.752. The van der Waals surface area contributed by atoms with Crippen LogP contribution in [0.2, 0.25) is 0 Å². The number of hydrogen-bond donors (Lipinski definition) is 2. The summed E-state index contributed by atoms with van der Waals surface area (Å²) >= 11 is 4.70. The first-order valence-corrected chi connectivity index (χ1v) is 4.37. The van der Waals surface area contributed by atoms with Gasteiger partial charge in [-0.05, 0) is 6.92 Å². The van der Waals surface area contributed by atoms with Crippen molar-refractivity contribution in [2.45, 2.75) is 6.92 Å². The standard InChI is InChI=1S/C8H10N4OS/c1-5(7(9)14)8(13)12-6-2-10-4-11-3-6/h2-5H,1H3,(H2,9,14)(H,12,13). The van der Waals surface area contributed by atoms with Crippen molar-refractivity contribution in [3.05, 3.63) is 18.7 Å². The first-order valence-electron chi connectivity index (χ1n) is 3.96. The lowest BCUT2D eigenvalue weighted by Gasteiger charge is -2.09. The first kappa shape index (κ1) is 10.5. The summed E-state index contributed by atoms with van der Waals surface area (Å²) in [6, 6.07) is 0. The van der Waals surface area contributed by atoms with Gasteiger partial charge in [-0.25, -0.2) is 9.97 Å². The molecule has 0 aliphatic rings. The molecular formula is C8H10N4OS. The van der Waals surface area contributed by atoms with Crippen LogP contribution in [0.1, 0.15) is 6.92 Å². The van der Waals surface area contributed by atoms with Gasteiger partial charge in [-0.3, -0.25) is 4.79 Å². The minimum Gasteiger partial charge on any atom is -0.393 e. The molecule has 0 radical (unpaired) electrons. The normalized spacial score (nSPS) is 11.8. The maximum atomic E-state index is 11.4. The van der Waals surface area contributed by atoms with Crippen LogP contribution in [-0.4, -0.2) is 20.9 Å². The van der Waals surface area contributed by atoms with Crippen LogP contribution in [-0.2, 0) is 4.79 Å². The van der Waals surface area contributed by atoms with Crippen molar-refractivity contribution in [1.29, 1.82) is 0 Å². The summed E-state index contributed by atoms with van der Waals surface area (Å²) in [6.45, 7) is 1.64. The largest absolute Gasteiger partial charge is 0.393 e. The Hall–Kier alpha value is -1.56. The van der Waals surface area contributed by atoms with Crippen LogP contribution in [0.25, 0.3) is 0 Å². The number of carbonyl (C=O) groups excluding carboxylic acids is 1. The van der Waals surface area contributed by atoms with Gasteiger partial charge in [-0.2, -0.15) is 0 Å². The van der Waals surface area contributed by atoms with Crippen LogP contribution in [0.4, 0.5) is 5.69 Å². The molecule has 0 saturated heterocycles. The zero-order valence-electron chi connectivity index (χ0n) is 7.60. The molecule has 0 aliphatic heterocycles. The average Bonchev–Trinajstić information content (AvgIpc) is 2.18. The van der Waals surface area contributed by atoms with E-state index in [0.717, 1.165) is 0 Å². The molecule has 1 aromatic rings. The fourth-order valence-electron chi connectivity index (χ4n) is 0.743. The Bertz CT molecular complexity index is 340. The Balaban J connectivity index is 2.62. The van der Waals surface area contributed by atoms with Crippen LogP contribution in [0.15, 0.2) is 18.7 Å². The van der Waals surface area contributed by atoms with Gasteiger partial charge in [0.25, 0.3) is 0 Å². The molecule has 14 heavy (non-hydrogen) atoms. The van der Waals surface area contributed by atoms with E-state index in [-0.39, 0.29) is 10.9 Å². The van der Waals surface area contributed by atoms with Crippen molar-refractivity contribution in [2.24, 2.45) is 11.7 Å². The fourth-order valence-corrected chi connectivity index (χ4v) is 0.850. The molecule has 3 N–H and O–H groups in total. The van der Waals surface area contributed by atoms with Crippen molar-refractivity contribution in [3.63, 3.8) is 0 Å². The predicted octanol–water partition coefficient (Wildman–Crippen LogP) is 0.337. The smallest absolute Gasteiger partial charge is 0.234 e. The van der Waals surface area contributed by atoms with E-state index in [9.17, 15) is 4.79 Å². The number of amides is 1. The van der Waals surface area contributed by atoms with Crippen molar-refractivity contribution >= 4 is 28.8 Å². The Morgan fingerprint density at radius 2 is 2.14 bits per heavy atom. The molecule has 5 nitrogen and oxygen atoms in total. The minimum atomic E-state index is -0.495. The number of thiocarbonyl (C=S) groups is 1. The monoisotopic (exact) mass is 210 g/mol. The number of anilines is 1. The zero-order chi connectivity index (χ0) is 10.6. The molecule has 1 amide bonds. The van der Waals surface area contributed by atoms with Gasteiger partial charge in [-0.15, -0.1) is 0 Å². The molecule has 1 rings (SSSR count). The molecule has 1 unspecified atom stereocenters. The Kier molecular flexibility index (Phi) is 3.47. The summed E-state index contributed by atoms with van der Waals surface area (Å²) < 4.78 is 0. The number of hydrogen-bond acceptors (Lipinski definition) is 4. The van der Waals surface area contributed by atoms with E-state index in [1.807, 2.05) is 0 Å². The molecule has 1 heterocycles. The third kappa shape index (κ3) is 2.74. The Morgan fingerprint density at radius 1 is 1.57 bits per heavy atom. The number of nitrogens with two attached hydrogens (primary N) is 1. The molecule has 0 bridgehead atoms. The third-order valence-electron chi connectivity index (χ3n) is 1.65. The molecule has 1 atom stereocenters. The number of nitrogens with one attached hydrogen (secondary N) is 1. The second kappa shape index (κ2) is 4.61. The Labute approximate surface area is 86.7 Å². The number of nitrogens with zero attached hydrogens (tertiary/aromatic N) is 2. The van der Waals surface area contributed by atoms with E-state index in [1.54, 1.807) is 6.92 Å². The van der Waals surface area contributed by atoms with Gasteiger partial charge in [0.05, 0.1) is 29.0 Å². The van der Waals surface area contributed by atoms with Crippen LogP contribution in [0.5, 0.6) is 0 Å². The first-order chi connectivity index (χ1) is 6.61. The molecule has 0 aliphatic carbocycles. The molecule has 74 valence electrons. The number of carbonyl (C=O) groups is 1. The van der Waals surface area contributed by atoms with Gasteiger partial charge < -0.3 is 11.1 Å². The summed E-state index contributed by atoms with van der Waals surface area (Å²) in [7, 11) is 0. The van der Waals surface area contributed by atoms with Crippen LogP contribution in [0, 0.1) is 5.92 Å². The highest BCUT2D eigenvalue weighted by Crippen LogP contribution is 2.04. The molecular weight excluding hydrogens is 200 g/mol. The number of aromatic nitrogens is 2. The highest BCUT2D eigenvalue weighted by atomic mass is 32.1. The lowest BCUT2D eigenvalue weighted by Crippen LogP contribution is -2.30. The second-order valence-electron chi connectivity index (χ2n) is 2.74. The van der Waals surface area contributed by atoms with Crippen LogP contribution >= 0.6 is 12.2 Å². The molecule has 1 aromatic heterocycles. The third-order valence-corrected chi connectivity index (χ3v) is 2.00. The van der Waals surface area contributed by atoms with Gasteiger partial charge in [0.15, 0.2) is 0 Å². The summed E-state index contributed by atoms with van der Waals surface area (Å²) in [4.78, 5) is 19.1. The van der Waals surface area contributed by atoms with E-state index >= 15 is 0 Å². The summed E-state index contributed by atoms with van der Waals surface area (Å²) in [5.41, 5.74) is 5.86. The predicted molar refractivity (Wildman–Crippen MR) is 56.6 cm³/mol. The van der Waals surface area contributed by atoms with Gasteiger partial charge >= 0.3 is 0 Å². The number of rotatable bonds is 3. The van der Waals surface area contributed by atoms with Crippen LogP contribution < -0.4 is 11.1 Å². The quantitative estimate of drug-likeness (QED) is 0.703. The molecule has 0 aromatic carbocycles. The topological polar surface area (TPSA) is 80.9 Å². The highest BCUT2D eigenvalue weighted by Gasteiger charge is 2.15. The highest BCUT2D eigenvalue weighted by molar-refractivity contribution is 7.80. The second-order valence-corrected chi connectivity index (χ2v) is 3.21. The van der Waals surface area contributed by atoms with Crippen LogP contribution in [0.3, 0.4) is 0 Å². The maximum absolute atomic E-state index is 11.4. The van der Waals surface area contributed by atoms with Crippen molar-refractivity contribution in [1.82, 2.24) is 9.97 Å². The van der Waals surface area contributed by atoms with Gasteiger partial charge in [0, 0.05) is 0 Å². The van der Waals surface area contributed by atoms with Crippen molar-refractivity contribution in [3.8, 4) is 0 Å². The molecule has 0 fully saturated rings. The maximum Gasteiger partial charge on any atom is 0.234 e. The fraction of sp³-hybridized carbons (Fsp3) is 0.250. The van der Waals surface area contributed by atoms with E-state index in [0.29, 0.717) is 5.69 Å². The average molecular weight is 210 g/mol. The van der Waals surface area contributed by atoms with Gasteiger partial charge in [0.1, 0.15) is 6.33 Å². The van der Waals surface area contributed by atoms with Crippen molar-refractivity contribution < 1.29 is 4.79 Å². The van der Waals surface area contributed by atoms with Crippen molar-refractivity contribution in [2.75, 3.05) is 5.32 Å². The van der Waals surface area contributed by atoms with E-state index < -0.39 is 5.92 Å². The molecule has 6 heteroatoms. The lowest BCUT2D eigenvalue weighted by molar-refractivity contribution is -0.117. The molecule has 0 saturated carbocycles. The lowest BCUT2D eigenvalue weighted by atomic mass is 10.1. The van der Waals surface area contributed by atoms with Gasteiger partial charge in [0.2, 0.25) is 5.91 Å². The molecule has 0 spiro atoms.